The largest absolute Gasteiger partial charge is 1.00 e. The van der Waals surface area contributed by atoms with Crippen LogP contribution >= 0.6 is 83.7 Å². The topological polar surface area (TPSA) is 43.4 Å². The second kappa shape index (κ2) is 17.7. The van der Waals surface area contributed by atoms with E-state index in [0.29, 0.717) is 5.92 Å². The third kappa shape index (κ3) is 14.9. The molecule has 0 unspecified atom stereocenters. The van der Waals surface area contributed by atoms with Gasteiger partial charge >= 0.3 is 29.6 Å². The minimum atomic E-state index is -3.67. The van der Waals surface area contributed by atoms with Crippen LogP contribution in [0, 0.1) is 11.8 Å². The van der Waals surface area contributed by atoms with E-state index >= 15 is 0 Å². The summed E-state index contributed by atoms with van der Waals surface area (Å²) in [6.45, 7) is 11.7. The van der Waals surface area contributed by atoms with Gasteiger partial charge in [-0.25, -0.2) is 0 Å². The van der Waals surface area contributed by atoms with Crippen LogP contribution in [0.25, 0.3) is 0 Å². The van der Waals surface area contributed by atoms with E-state index in [1.807, 2.05) is 6.92 Å². The summed E-state index contributed by atoms with van der Waals surface area (Å²) in [5.74, 6) is 0.682. The second-order valence-corrected chi connectivity index (χ2v) is 11.2. The third-order valence-electron chi connectivity index (χ3n) is 2.88. The Morgan fingerprint density at radius 3 is 1.85 bits per heavy atom. The first-order chi connectivity index (χ1) is 11.0. The Hall–Kier alpha value is 3.01. The van der Waals surface area contributed by atoms with Gasteiger partial charge in [-0.3, -0.25) is 4.18 Å². The van der Waals surface area contributed by atoms with E-state index in [9.17, 15) is 8.42 Å². The molecule has 0 saturated carbocycles. The molecular weight excluding hydrogens is 883 g/mol. The van der Waals surface area contributed by atoms with Gasteiger partial charge in [-0.1, -0.05) is 65.5 Å². The van der Waals surface area contributed by atoms with E-state index in [4.69, 9.17) is 4.18 Å². The second-order valence-electron chi connectivity index (χ2n) is 5.04. The molecule has 0 bridgehead atoms. The number of hydrogen-bond donors (Lipinski definition) is 0. The predicted molar refractivity (Wildman–Crippen MR) is 131 cm³/mol. The normalized spacial score (nSPS) is 12.4. The minimum absolute atomic E-state index is 0. The summed E-state index contributed by atoms with van der Waals surface area (Å²) in [7, 11) is -3.67. The Labute approximate surface area is 246 Å². The van der Waals surface area contributed by atoms with Crippen molar-refractivity contribution in [3.05, 3.63) is 49.1 Å². The molecule has 0 aliphatic rings. The summed E-state index contributed by atoms with van der Waals surface area (Å²) in [6, 6.07) is 6.33. The first-order valence-electron chi connectivity index (χ1n) is 6.90. The molecule has 1 aromatic rings. The summed E-state index contributed by atoms with van der Waals surface area (Å²) >= 11 is 9.94. The molecule has 0 spiro atoms. The van der Waals surface area contributed by atoms with Crippen molar-refractivity contribution >= 4 is 93.8 Å². The third-order valence-corrected chi connectivity index (χ3v) is 8.15. The van der Waals surface area contributed by atoms with Gasteiger partial charge in [0.1, 0.15) is 0 Å². The molecule has 0 radical (unpaired) electrons. The summed E-state index contributed by atoms with van der Waals surface area (Å²) < 4.78 is 32.7. The molecule has 2 atom stereocenters. The Morgan fingerprint density at radius 2 is 1.54 bits per heavy atom. The van der Waals surface area contributed by atoms with E-state index in [1.165, 1.54) is 20.1 Å². The standard InChI is InChI=1S/C11H12BrIO3S.C5H8I2.HI.Na/c1-8(9(2)13)7-16-17(14,15)11-5-3-10(12)4-6-11;1-4(3-6)5(2)7;;/h3-6,8H,2,7H2,1H3;4H,2-3H2,1H3;1H;/q;;;+1/p-1/t8-;4-;;/m11../s1. The minimum Gasteiger partial charge on any atom is -1.00 e. The van der Waals surface area contributed by atoms with Crippen LogP contribution in [0.1, 0.15) is 13.8 Å². The van der Waals surface area contributed by atoms with Crippen LogP contribution in [0.3, 0.4) is 0 Å². The smallest absolute Gasteiger partial charge is 1.00 e. The average Bonchev–Trinajstić information content (AvgIpc) is 2.52. The summed E-state index contributed by atoms with van der Waals surface area (Å²) in [6.07, 6.45) is 0. The van der Waals surface area contributed by atoms with Gasteiger partial charge in [-0.05, 0) is 82.5 Å². The van der Waals surface area contributed by atoms with E-state index < -0.39 is 10.1 Å². The molecule has 10 heteroatoms. The molecular formula is C16H20BrI4NaO3S. The maximum Gasteiger partial charge on any atom is 1.00 e. The molecule has 0 aliphatic heterocycles. The molecule has 0 heterocycles. The molecule has 0 N–H and O–H groups in total. The number of hydrogen-bond acceptors (Lipinski definition) is 3. The van der Waals surface area contributed by atoms with Gasteiger partial charge in [0, 0.05) is 14.8 Å². The molecule has 3 nitrogen and oxygen atoms in total. The van der Waals surface area contributed by atoms with Crippen molar-refractivity contribution in [2.45, 2.75) is 18.7 Å². The van der Waals surface area contributed by atoms with Crippen LogP contribution < -0.4 is 53.5 Å². The number of benzene rings is 1. The van der Waals surface area contributed by atoms with Crippen LogP contribution in [-0.2, 0) is 14.3 Å². The predicted octanol–water partition coefficient (Wildman–Crippen LogP) is 0.753. The maximum absolute atomic E-state index is 11.8. The zero-order valence-electron chi connectivity index (χ0n) is 14.8. The molecule has 144 valence electrons. The first-order valence-corrected chi connectivity index (χ1v) is 12.8. The van der Waals surface area contributed by atoms with Gasteiger partial charge in [0.05, 0.1) is 11.5 Å². The molecule has 0 saturated heterocycles. The average molecular weight is 903 g/mol. The first kappa shape index (κ1) is 33.6. The Morgan fingerprint density at radius 1 is 1.12 bits per heavy atom. The number of alkyl halides is 1. The summed E-state index contributed by atoms with van der Waals surface area (Å²) in [5, 5.41) is 0. The molecule has 0 aliphatic carbocycles. The van der Waals surface area contributed by atoms with E-state index in [1.54, 1.807) is 12.1 Å². The van der Waals surface area contributed by atoms with Gasteiger partial charge in [0.25, 0.3) is 10.1 Å². The summed E-state index contributed by atoms with van der Waals surface area (Å²) in [4.78, 5) is 0.159. The Balaban J connectivity index is -0.000000507. The van der Waals surface area contributed by atoms with Crippen molar-refractivity contribution in [1.29, 1.82) is 0 Å². The van der Waals surface area contributed by atoms with Crippen LogP contribution in [0.4, 0.5) is 0 Å². The molecule has 1 rings (SSSR count). The molecule has 0 fully saturated rings. The fourth-order valence-corrected chi connectivity index (χ4v) is 4.06. The van der Waals surface area contributed by atoms with Crippen molar-refractivity contribution in [3.8, 4) is 0 Å². The number of allylic oxidation sites excluding steroid dienone is 1. The Kier molecular flexibility index (Phi) is 22.9. The van der Waals surface area contributed by atoms with Crippen LogP contribution in [-0.4, -0.2) is 19.5 Å². The zero-order chi connectivity index (χ0) is 18.9. The van der Waals surface area contributed by atoms with Crippen LogP contribution in [0.2, 0.25) is 0 Å². The monoisotopic (exact) mass is 902 g/mol. The van der Waals surface area contributed by atoms with Crippen LogP contribution in [0.5, 0.6) is 0 Å². The quantitative estimate of drug-likeness (QED) is 0.176. The van der Waals surface area contributed by atoms with Crippen molar-refractivity contribution in [3.63, 3.8) is 0 Å². The fourth-order valence-electron chi connectivity index (χ4n) is 1.04. The zero-order valence-corrected chi connectivity index (χ0v) is 27.8. The van der Waals surface area contributed by atoms with Gasteiger partial charge in [-0.15, -0.1) is 0 Å². The van der Waals surface area contributed by atoms with Gasteiger partial charge in [-0.2, -0.15) is 8.42 Å². The van der Waals surface area contributed by atoms with Crippen molar-refractivity contribution in [1.82, 2.24) is 0 Å². The van der Waals surface area contributed by atoms with E-state index in [0.717, 1.165) is 8.05 Å². The van der Waals surface area contributed by atoms with Crippen molar-refractivity contribution in [2.24, 2.45) is 11.8 Å². The SMILES string of the molecule is C=C(I)[C@H](C)CI.C=C(I)[C@H](C)COS(=O)(=O)c1ccc(Br)cc1.[I-].[Na+]. The van der Waals surface area contributed by atoms with Gasteiger partial charge < -0.3 is 24.0 Å². The van der Waals surface area contributed by atoms with E-state index in [-0.39, 0.29) is 71.0 Å². The van der Waals surface area contributed by atoms with Crippen molar-refractivity contribution < 1.29 is 66.1 Å². The number of halogens is 5. The summed E-state index contributed by atoms with van der Waals surface area (Å²) in [5.41, 5.74) is 0. The Bertz CT molecular complexity index is 654. The maximum atomic E-state index is 11.8. The molecule has 0 aromatic heterocycles. The number of rotatable bonds is 7. The molecule has 0 amide bonds. The van der Waals surface area contributed by atoms with Gasteiger partial charge in [0.2, 0.25) is 0 Å². The fraction of sp³-hybridized carbons (Fsp3) is 0.375. The van der Waals surface area contributed by atoms with Crippen molar-refractivity contribution in [2.75, 3.05) is 11.0 Å². The van der Waals surface area contributed by atoms with E-state index in [2.05, 4.69) is 104 Å². The molecule has 1 aromatic carbocycles. The van der Waals surface area contributed by atoms with Gasteiger partial charge in [0.15, 0.2) is 0 Å². The van der Waals surface area contributed by atoms with Crippen LogP contribution in [0.15, 0.2) is 54.0 Å². The molecule has 26 heavy (non-hydrogen) atoms.